The summed E-state index contributed by atoms with van der Waals surface area (Å²) in [5.41, 5.74) is 2.74. The fourth-order valence-corrected chi connectivity index (χ4v) is 3.20. The van der Waals surface area contributed by atoms with Gasteiger partial charge in [-0.25, -0.2) is 4.98 Å². The van der Waals surface area contributed by atoms with Crippen LogP contribution in [0.2, 0.25) is 0 Å². The molecule has 7 nitrogen and oxygen atoms in total. The summed E-state index contributed by atoms with van der Waals surface area (Å²) in [6.45, 7) is 0.781. The molecule has 7 heteroatoms. The Kier molecular flexibility index (Phi) is 3.34. The smallest absolute Gasteiger partial charge is 0.277 e. The number of imidazole rings is 1. The van der Waals surface area contributed by atoms with E-state index in [0.29, 0.717) is 17.3 Å². The molecule has 3 aromatic rings. The van der Waals surface area contributed by atoms with Crippen molar-refractivity contribution in [2.75, 3.05) is 11.9 Å². The zero-order valence-corrected chi connectivity index (χ0v) is 13.6. The first-order chi connectivity index (χ1) is 12.3. The van der Waals surface area contributed by atoms with E-state index < -0.39 is 0 Å². The van der Waals surface area contributed by atoms with Crippen LogP contribution >= 0.6 is 0 Å². The van der Waals surface area contributed by atoms with Gasteiger partial charge in [-0.2, -0.15) is 0 Å². The van der Waals surface area contributed by atoms with Crippen molar-refractivity contribution in [2.45, 2.75) is 37.7 Å². The van der Waals surface area contributed by atoms with Crippen molar-refractivity contribution in [1.82, 2.24) is 15.1 Å². The van der Waals surface area contributed by atoms with Gasteiger partial charge in [0.1, 0.15) is 17.7 Å². The summed E-state index contributed by atoms with van der Waals surface area (Å²) >= 11 is 0. The van der Waals surface area contributed by atoms with Crippen molar-refractivity contribution in [2.24, 2.45) is 0 Å². The van der Waals surface area contributed by atoms with E-state index in [4.69, 9.17) is 9.26 Å². The van der Waals surface area contributed by atoms with Gasteiger partial charge in [0.25, 0.3) is 5.91 Å². The molecular formula is C18H18N4O3. The van der Waals surface area contributed by atoms with Crippen LogP contribution in [0.5, 0.6) is 0 Å². The first-order valence-corrected chi connectivity index (χ1v) is 8.65. The van der Waals surface area contributed by atoms with E-state index in [1.165, 1.54) is 0 Å². The van der Waals surface area contributed by atoms with Crippen LogP contribution in [0, 0.1) is 0 Å². The predicted octanol–water partition coefficient (Wildman–Crippen LogP) is 3.53. The van der Waals surface area contributed by atoms with E-state index in [1.54, 1.807) is 6.07 Å². The minimum atomic E-state index is -0.270. The van der Waals surface area contributed by atoms with Crippen molar-refractivity contribution in [3.8, 4) is 0 Å². The Morgan fingerprint density at radius 3 is 2.96 bits per heavy atom. The lowest BCUT2D eigenvalue weighted by atomic mass is 10.2. The second-order valence-electron chi connectivity index (χ2n) is 6.70. The SMILES string of the molecule is O=C(Nc1ccc2nc([C@H]3CCCO3)[nH]c2c1)c1cc(C2CC2)on1. The topological polar surface area (TPSA) is 93.0 Å². The number of nitrogens with zero attached hydrogens (tertiary/aromatic N) is 2. The summed E-state index contributed by atoms with van der Waals surface area (Å²) in [5.74, 6) is 1.82. The van der Waals surface area contributed by atoms with Crippen LogP contribution < -0.4 is 5.32 Å². The molecule has 2 fully saturated rings. The third-order valence-electron chi connectivity index (χ3n) is 4.73. The van der Waals surface area contributed by atoms with Crippen molar-refractivity contribution in [3.05, 3.63) is 41.5 Å². The highest BCUT2D eigenvalue weighted by Gasteiger charge is 2.29. The van der Waals surface area contributed by atoms with Crippen LogP contribution in [0.1, 0.15) is 59.8 Å². The lowest BCUT2D eigenvalue weighted by molar-refractivity contribution is 0.101. The van der Waals surface area contributed by atoms with Gasteiger partial charge >= 0.3 is 0 Å². The van der Waals surface area contributed by atoms with Crippen LogP contribution in [0.25, 0.3) is 11.0 Å². The fraction of sp³-hybridized carbons (Fsp3) is 0.389. The zero-order valence-electron chi connectivity index (χ0n) is 13.6. The van der Waals surface area contributed by atoms with Gasteiger partial charge in [0.05, 0.1) is 11.0 Å². The largest absolute Gasteiger partial charge is 0.370 e. The number of amides is 1. The van der Waals surface area contributed by atoms with Gasteiger partial charge in [0.15, 0.2) is 5.69 Å². The van der Waals surface area contributed by atoms with E-state index in [-0.39, 0.29) is 12.0 Å². The molecule has 1 saturated heterocycles. The molecule has 3 heterocycles. The molecule has 1 aliphatic carbocycles. The standard InChI is InChI=1S/C18H18N4O3/c23-18(14-9-16(25-22-14)10-3-4-10)19-11-5-6-12-13(8-11)21-17(20-12)15-2-1-7-24-15/h5-6,8-10,15H,1-4,7H2,(H,19,23)(H,20,21)/t15-/m1/s1. The molecule has 5 rings (SSSR count). The van der Waals surface area contributed by atoms with Crippen molar-refractivity contribution in [3.63, 3.8) is 0 Å². The molecule has 2 aliphatic rings. The molecule has 0 spiro atoms. The van der Waals surface area contributed by atoms with E-state index in [9.17, 15) is 4.79 Å². The lowest BCUT2D eigenvalue weighted by Crippen LogP contribution is -2.12. The van der Waals surface area contributed by atoms with Gasteiger partial charge in [-0.3, -0.25) is 4.79 Å². The number of H-pyrrole nitrogens is 1. The molecule has 128 valence electrons. The minimum Gasteiger partial charge on any atom is -0.370 e. The van der Waals surface area contributed by atoms with Crippen molar-refractivity contribution >= 4 is 22.6 Å². The highest BCUT2D eigenvalue weighted by Crippen LogP contribution is 2.40. The summed E-state index contributed by atoms with van der Waals surface area (Å²) < 4.78 is 10.9. The maximum Gasteiger partial charge on any atom is 0.277 e. The minimum absolute atomic E-state index is 0.0430. The van der Waals surface area contributed by atoms with Crippen LogP contribution in [0.4, 0.5) is 5.69 Å². The number of benzene rings is 1. The summed E-state index contributed by atoms with van der Waals surface area (Å²) in [5, 5.41) is 6.73. The fourth-order valence-electron chi connectivity index (χ4n) is 3.20. The highest BCUT2D eigenvalue weighted by molar-refractivity contribution is 6.03. The first kappa shape index (κ1) is 14.7. The number of anilines is 1. The number of fused-ring (bicyclic) bond motifs is 1. The second-order valence-corrected chi connectivity index (χ2v) is 6.70. The van der Waals surface area contributed by atoms with E-state index in [0.717, 1.165) is 54.9 Å². The molecule has 2 aromatic heterocycles. The predicted molar refractivity (Wildman–Crippen MR) is 90.5 cm³/mol. The Morgan fingerprint density at radius 2 is 2.16 bits per heavy atom. The normalized spacial score (nSPS) is 20.2. The third kappa shape index (κ3) is 2.80. The third-order valence-corrected chi connectivity index (χ3v) is 4.73. The Hall–Kier alpha value is -2.67. The number of aromatic amines is 1. The number of aromatic nitrogens is 3. The quantitative estimate of drug-likeness (QED) is 0.759. The molecule has 0 bridgehead atoms. The summed E-state index contributed by atoms with van der Waals surface area (Å²) in [4.78, 5) is 20.2. The van der Waals surface area contributed by atoms with Crippen molar-refractivity contribution in [1.29, 1.82) is 0 Å². The Labute approximate surface area is 143 Å². The molecule has 1 atom stereocenters. The number of hydrogen-bond donors (Lipinski definition) is 2. The van der Waals surface area contributed by atoms with Gasteiger partial charge in [0, 0.05) is 24.3 Å². The maximum atomic E-state index is 12.3. The highest BCUT2D eigenvalue weighted by atomic mass is 16.5. The van der Waals surface area contributed by atoms with Gasteiger partial charge < -0.3 is 19.6 Å². The molecule has 1 amide bonds. The average molecular weight is 338 g/mol. The molecule has 1 aromatic carbocycles. The van der Waals surface area contributed by atoms with Gasteiger partial charge in [-0.15, -0.1) is 0 Å². The molecule has 1 aliphatic heterocycles. The number of rotatable bonds is 4. The Balaban J connectivity index is 1.35. The molecule has 0 radical (unpaired) electrons. The number of carbonyl (C=O) groups excluding carboxylic acids is 1. The maximum absolute atomic E-state index is 12.3. The summed E-state index contributed by atoms with van der Waals surface area (Å²) in [6.07, 6.45) is 4.31. The van der Waals surface area contributed by atoms with Crippen LogP contribution in [0.15, 0.2) is 28.8 Å². The van der Waals surface area contributed by atoms with Crippen LogP contribution in [-0.2, 0) is 4.74 Å². The Bertz CT molecular complexity index is 935. The molecular weight excluding hydrogens is 320 g/mol. The molecule has 2 N–H and O–H groups in total. The lowest BCUT2D eigenvalue weighted by Gasteiger charge is -2.03. The van der Waals surface area contributed by atoms with Gasteiger partial charge in [-0.05, 0) is 43.9 Å². The monoisotopic (exact) mass is 338 g/mol. The zero-order chi connectivity index (χ0) is 16.8. The van der Waals surface area contributed by atoms with Crippen LogP contribution in [0.3, 0.4) is 0 Å². The number of nitrogens with one attached hydrogen (secondary N) is 2. The average Bonchev–Trinajstić information content (AvgIpc) is 3.08. The van der Waals surface area contributed by atoms with E-state index in [2.05, 4.69) is 20.4 Å². The summed E-state index contributed by atoms with van der Waals surface area (Å²) in [7, 11) is 0. The molecule has 0 unspecified atom stereocenters. The van der Waals surface area contributed by atoms with E-state index >= 15 is 0 Å². The Morgan fingerprint density at radius 1 is 1.24 bits per heavy atom. The number of carbonyl (C=O) groups is 1. The van der Waals surface area contributed by atoms with Crippen LogP contribution in [-0.4, -0.2) is 27.6 Å². The molecule has 25 heavy (non-hydrogen) atoms. The first-order valence-electron chi connectivity index (χ1n) is 8.65. The van der Waals surface area contributed by atoms with Crippen molar-refractivity contribution < 1.29 is 14.1 Å². The molecule has 1 saturated carbocycles. The second kappa shape index (κ2) is 5.70. The number of hydrogen-bond acceptors (Lipinski definition) is 5. The van der Waals surface area contributed by atoms with Gasteiger partial charge in [-0.1, -0.05) is 5.16 Å². The van der Waals surface area contributed by atoms with Gasteiger partial charge in [0.2, 0.25) is 0 Å². The number of ether oxygens (including phenoxy) is 1. The van der Waals surface area contributed by atoms with E-state index in [1.807, 2.05) is 18.2 Å². The summed E-state index contributed by atoms with van der Waals surface area (Å²) in [6, 6.07) is 7.33.